The standard InChI is InChI=1S/C27H18F3N3O3/c28-27(29,30)18-7-11-20(12-8-18)33-24(34)15-6-17-16-23(32-25(17)33)26(35)31-19-9-13-22(14-10-19)36-21-4-2-1-3-5-21/h1-16,32H,(H,31,35). The van der Waals surface area contributed by atoms with E-state index in [9.17, 15) is 22.8 Å². The second kappa shape index (κ2) is 9.10. The Morgan fingerprint density at radius 2 is 1.50 bits per heavy atom. The third-order valence-electron chi connectivity index (χ3n) is 5.46. The molecule has 0 aliphatic rings. The van der Waals surface area contributed by atoms with E-state index in [-0.39, 0.29) is 11.4 Å². The van der Waals surface area contributed by atoms with Crippen molar-refractivity contribution in [3.8, 4) is 17.2 Å². The van der Waals surface area contributed by atoms with Crippen LogP contribution in [0.3, 0.4) is 0 Å². The van der Waals surface area contributed by atoms with Crippen LogP contribution in [0.5, 0.6) is 11.5 Å². The molecule has 2 heterocycles. The molecule has 0 saturated carbocycles. The van der Waals surface area contributed by atoms with Gasteiger partial charge in [-0.1, -0.05) is 18.2 Å². The van der Waals surface area contributed by atoms with Crippen LogP contribution >= 0.6 is 0 Å². The first-order valence-electron chi connectivity index (χ1n) is 10.8. The Morgan fingerprint density at radius 3 is 2.17 bits per heavy atom. The first kappa shape index (κ1) is 23.0. The topological polar surface area (TPSA) is 76.1 Å². The van der Waals surface area contributed by atoms with Gasteiger partial charge in [-0.3, -0.25) is 14.2 Å². The van der Waals surface area contributed by atoms with Gasteiger partial charge in [-0.15, -0.1) is 0 Å². The van der Waals surface area contributed by atoms with Gasteiger partial charge in [0.1, 0.15) is 22.8 Å². The van der Waals surface area contributed by atoms with Gasteiger partial charge in [0, 0.05) is 17.1 Å². The lowest BCUT2D eigenvalue weighted by Crippen LogP contribution is -2.18. The number of para-hydroxylation sites is 1. The van der Waals surface area contributed by atoms with E-state index in [0.717, 1.165) is 12.1 Å². The molecule has 0 saturated heterocycles. The molecule has 5 aromatic rings. The van der Waals surface area contributed by atoms with Crippen LogP contribution in [0, 0.1) is 0 Å². The van der Waals surface area contributed by atoms with Gasteiger partial charge in [0.05, 0.1) is 11.3 Å². The van der Waals surface area contributed by atoms with Gasteiger partial charge in [-0.25, -0.2) is 0 Å². The number of aromatic amines is 1. The molecule has 9 heteroatoms. The fourth-order valence-corrected chi connectivity index (χ4v) is 3.73. The molecular formula is C27H18F3N3O3. The zero-order valence-electron chi connectivity index (χ0n) is 18.5. The molecule has 0 spiro atoms. The molecule has 0 fully saturated rings. The number of rotatable bonds is 5. The molecule has 1 amide bonds. The summed E-state index contributed by atoms with van der Waals surface area (Å²) in [5.74, 6) is 0.839. The number of nitrogens with one attached hydrogen (secondary N) is 2. The van der Waals surface area contributed by atoms with E-state index in [0.29, 0.717) is 28.2 Å². The molecule has 2 N–H and O–H groups in total. The number of nitrogens with zero attached hydrogens (tertiary/aromatic N) is 1. The highest BCUT2D eigenvalue weighted by molar-refractivity contribution is 6.05. The second-order valence-corrected chi connectivity index (χ2v) is 7.93. The van der Waals surface area contributed by atoms with Crippen molar-refractivity contribution in [2.24, 2.45) is 0 Å². The van der Waals surface area contributed by atoms with Crippen LogP contribution in [-0.4, -0.2) is 15.5 Å². The number of hydrogen-bond donors (Lipinski definition) is 2. The highest BCUT2D eigenvalue weighted by Gasteiger charge is 2.30. The summed E-state index contributed by atoms with van der Waals surface area (Å²) >= 11 is 0. The molecule has 0 unspecified atom stereocenters. The van der Waals surface area contributed by atoms with Crippen molar-refractivity contribution < 1.29 is 22.7 Å². The number of carbonyl (C=O) groups is 1. The molecular weight excluding hydrogens is 471 g/mol. The minimum Gasteiger partial charge on any atom is -0.457 e. The first-order chi connectivity index (χ1) is 17.3. The van der Waals surface area contributed by atoms with E-state index < -0.39 is 23.2 Å². The number of hydrogen-bond acceptors (Lipinski definition) is 3. The number of fused-ring (bicyclic) bond motifs is 1. The molecule has 0 bridgehead atoms. The Bertz CT molecular complexity index is 1590. The predicted molar refractivity (Wildman–Crippen MR) is 130 cm³/mol. The van der Waals surface area contributed by atoms with E-state index in [1.54, 1.807) is 36.4 Å². The Morgan fingerprint density at radius 1 is 0.833 bits per heavy atom. The summed E-state index contributed by atoms with van der Waals surface area (Å²) in [6.07, 6.45) is -4.49. The fourth-order valence-electron chi connectivity index (χ4n) is 3.73. The number of carbonyl (C=O) groups excluding carboxylic acids is 1. The number of aromatic nitrogens is 2. The molecule has 6 nitrogen and oxygen atoms in total. The molecule has 2 aromatic heterocycles. The van der Waals surface area contributed by atoms with Gasteiger partial charge in [-0.2, -0.15) is 13.2 Å². The summed E-state index contributed by atoms with van der Waals surface area (Å²) in [5.41, 5.74) is -0.0382. The van der Waals surface area contributed by atoms with Crippen molar-refractivity contribution in [1.82, 2.24) is 9.55 Å². The van der Waals surface area contributed by atoms with Crippen LogP contribution < -0.4 is 15.6 Å². The number of alkyl halides is 3. The van der Waals surface area contributed by atoms with E-state index in [1.807, 2.05) is 30.3 Å². The summed E-state index contributed by atoms with van der Waals surface area (Å²) in [4.78, 5) is 28.3. The lowest BCUT2D eigenvalue weighted by molar-refractivity contribution is -0.137. The molecule has 3 aromatic carbocycles. The Hall–Kier alpha value is -4.79. The average Bonchev–Trinajstić information content (AvgIpc) is 3.30. The summed E-state index contributed by atoms with van der Waals surface area (Å²) in [7, 11) is 0. The Kier molecular flexibility index (Phi) is 5.81. The second-order valence-electron chi connectivity index (χ2n) is 7.93. The monoisotopic (exact) mass is 489 g/mol. The maximum Gasteiger partial charge on any atom is 0.416 e. The van der Waals surface area contributed by atoms with E-state index in [2.05, 4.69) is 10.3 Å². The van der Waals surface area contributed by atoms with Crippen LogP contribution in [0.2, 0.25) is 0 Å². The van der Waals surface area contributed by atoms with E-state index >= 15 is 0 Å². The van der Waals surface area contributed by atoms with E-state index in [1.165, 1.54) is 22.8 Å². The summed E-state index contributed by atoms with van der Waals surface area (Å²) in [6, 6.07) is 24.7. The number of benzene rings is 3. The minimum atomic E-state index is -4.49. The van der Waals surface area contributed by atoms with Crippen LogP contribution in [0.1, 0.15) is 16.1 Å². The van der Waals surface area contributed by atoms with Gasteiger partial charge in [0.2, 0.25) is 0 Å². The van der Waals surface area contributed by atoms with Gasteiger partial charge < -0.3 is 15.0 Å². The van der Waals surface area contributed by atoms with Crippen molar-refractivity contribution in [1.29, 1.82) is 0 Å². The maximum absolute atomic E-state index is 12.9. The van der Waals surface area contributed by atoms with Gasteiger partial charge in [-0.05, 0) is 72.8 Å². The van der Waals surface area contributed by atoms with Crippen LogP contribution in [-0.2, 0) is 6.18 Å². The Labute approximate surface area is 202 Å². The molecule has 36 heavy (non-hydrogen) atoms. The third-order valence-corrected chi connectivity index (χ3v) is 5.46. The van der Waals surface area contributed by atoms with Gasteiger partial charge >= 0.3 is 6.18 Å². The summed E-state index contributed by atoms with van der Waals surface area (Å²) in [5, 5.41) is 3.32. The molecule has 0 aliphatic carbocycles. The fraction of sp³-hybridized carbons (Fsp3) is 0.0370. The molecule has 5 rings (SSSR count). The maximum atomic E-state index is 12.9. The normalized spacial score (nSPS) is 11.4. The molecule has 0 radical (unpaired) electrons. The van der Waals surface area contributed by atoms with Crippen molar-refractivity contribution >= 4 is 22.6 Å². The number of pyridine rings is 1. The molecule has 0 atom stereocenters. The molecule has 0 aliphatic heterocycles. The Balaban J connectivity index is 1.38. The van der Waals surface area contributed by atoms with Crippen molar-refractivity contribution in [3.63, 3.8) is 0 Å². The number of amides is 1. The minimum absolute atomic E-state index is 0.181. The quantitative estimate of drug-likeness (QED) is 0.301. The number of H-pyrrole nitrogens is 1. The highest BCUT2D eigenvalue weighted by atomic mass is 19.4. The lowest BCUT2D eigenvalue weighted by atomic mass is 10.2. The summed E-state index contributed by atoms with van der Waals surface area (Å²) in [6.45, 7) is 0. The zero-order chi connectivity index (χ0) is 25.3. The average molecular weight is 489 g/mol. The largest absolute Gasteiger partial charge is 0.457 e. The van der Waals surface area contributed by atoms with Crippen LogP contribution in [0.15, 0.2) is 102 Å². The van der Waals surface area contributed by atoms with Crippen LogP contribution in [0.4, 0.5) is 18.9 Å². The lowest BCUT2D eigenvalue weighted by Gasteiger charge is -2.10. The molecule has 180 valence electrons. The predicted octanol–water partition coefficient (Wildman–Crippen LogP) is 6.38. The smallest absolute Gasteiger partial charge is 0.416 e. The third kappa shape index (κ3) is 4.72. The summed E-state index contributed by atoms with van der Waals surface area (Å²) < 4.78 is 45.7. The number of anilines is 1. The van der Waals surface area contributed by atoms with Crippen LogP contribution in [0.25, 0.3) is 16.7 Å². The van der Waals surface area contributed by atoms with Gasteiger partial charge in [0.15, 0.2) is 0 Å². The SMILES string of the molecule is O=C(Nc1ccc(Oc2ccccc2)cc1)c1cc2ccc(=O)n(-c3ccc(C(F)(F)F)cc3)c2[nH]1. The first-order valence-corrected chi connectivity index (χ1v) is 10.8. The highest BCUT2D eigenvalue weighted by Crippen LogP contribution is 2.30. The zero-order valence-corrected chi connectivity index (χ0v) is 18.5. The van der Waals surface area contributed by atoms with Gasteiger partial charge in [0.25, 0.3) is 11.5 Å². The number of ether oxygens (including phenoxy) is 1. The number of halogens is 3. The van der Waals surface area contributed by atoms with E-state index in [4.69, 9.17) is 4.74 Å². The van der Waals surface area contributed by atoms with Crippen molar-refractivity contribution in [2.75, 3.05) is 5.32 Å². The van der Waals surface area contributed by atoms with Crippen molar-refractivity contribution in [3.05, 3.63) is 119 Å². The van der Waals surface area contributed by atoms with Crippen molar-refractivity contribution in [2.45, 2.75) is 6.18 Å².